The third-order valence-corrected chi connectivity index (χ3v) is 3.54. The topological polar surface area (TPSA) is 32.8 Å². The Kier molecular flexibility index (Phi) is 7.23. The Morgan fingerprint density at radius 3 is 2.32 bits per heavy atom. The van der Waals surface area contributed by atoms with Crippen molar-refractivity contribution in [2.75, 3.05) is 32.1 Å². The van der Waals surface area contributed by atoms with Crippen molar-refractivity contribution < 1.29 is 9.53 Å². The van der Waals surface area contributed by atoms with E-state index in [-0.39, 0.29) is 5.91 Å². The van der Waals surface area contributed by atoms with Crippen LogP contribution < -0.4 is 9.64 Å². The molecule has 1 aromatic carbocycles. The number of hydrogen-bond acceptors (Lipinski definition) is 3. The van der Waals surface area contributed by atoms with Gasteiger partial charge < -0.3 is 14.5 Å². The maximum absolute atomic E-state index is 12.5. The molecule has 0 aliphatic heterocycles. The molecule has 0 heterocycles. The third kappa shape index (κ3) is 4.65. The lowest BCUT2D eigenvalue weighted by atomic mass is 10.2. The van der Waals surface area contributed by atoms with Gasteiger partial charge in [0.1, 0.15) is 5.75 Å². The zero-order valence-corrected chi connectivity index (χ0v) is 14.2. The standard InChI is InChI=1S/C18H26N2O2/c1-6-9-15(7-2)20(8-3)14-18(21)19(4)16-10-12-17(22-5)13-11-16/h6-7,9-13H,8,14H2,1-5H3/b9-6-,15-7+. The Labute approximate surface area is 133 Å². The molecular weight excluding hydrogens is 276 g/mol. The predicted octanol–water partition coefficient (Wildman–Crippen LogP) is 3.46. The number of ether oxygens (including phenoxy) is 1. The van der Waals surface area contributed by atoms with E-state index < -0.39 is 0 Å². The molecule has 1 amide bonds. The van der Waals surface area contributed by atoms with Crippen LogP contribution in [0.15, 0.2) is 48.2 Å². The Hall–Kier alpha value is -2.23. The fraction of sp³-hybridized carbons (Fsp3) is 0.389. The molecule has 0 atom stereocenters. The van der Waals surface area contributed by atoms with E-state index in [1.165, 1.54) is 0 Å². The van der Waals surface area contributed by atoms with E-state index in [9.17, 15) is 4.79 Å². The summed E-state index contributed by atoms with van der Waals surface area (Å²) in [5.41, 5.74) is 1.91. The molecule has 0 radical (unpaired) electrons. The molecule has 4 heteroatoms. The third-order valence-electron chi connectivity index (χ3n) is 3.54. The number of nitrogens with zero attached hydrogens (tertiary/aromatic N) is 2. The van der Waals surface area contributed by atoms with E-state index in [1.54, 1.807) is 19.1 Å². The lowest BCUT2D eigenvalue weighted by Gasteiger charge is -2.26. The van der Waals surface area contributed by atoms with Crippen molar-refractivity contribution in [2.45, 2.75) is 20.8 Å². The molecule has 0 N–H and O–H groups in total. The van der Waals surface area contributed by atoms with Gasteiger partial charge in [0.25, 0.3) is 0 Å². The minimum absolute atomic E-state index is 0.0517. The number of rotatable bonds is 7. The number of anilines is 1. The van der Waals surface area contributed by atoms with Crippen LogP contribution in [0.25, 0.3) is 0 Å². The van der Waals surface area contributed by atoms with Crippen LogP contribution in [-0.4, -0.2) is 38.1 Å². The molecule has 0 saturated carbocycles. The Balaban J connectivity index is 2.80. The molecule has 4 nitrogen and oxygen atoms in total. The molecule has 0 bridgehead atoms. The zero-order chi connectivity index (χ0) is 16.5. The number of amides is 1. The van der Waals surface area contributed by atoms with Crippen molar-refractivity contribution in [3.63, 3.8) is 0 Å². The second kappa shape index (κ2) is 8.93. The van der Waals surface area contributed by atoms with E-state index in [0.717, 1.165) is 23.7 Å². The van der Waals surface area contributed by atoms with Gasteiger partial charge in [0, 0.05) is 25.0 Å². The first kappa shape index (κ1) is 17.8. The Morgan fingerprint density at radius 1 is 1.23 bits per heavy atom. The second-order valence-electron chi connectivity index (χ2n) is 4.88. The van der Waals surface area contributed by atoms with Crippen molar-refractivity contribution in [2.24, 2.45) is 0 Å². The minimum atomic E-state index is 0.0517. The summed E-state index contributed by atoms with van der Waals surface area (Å²) in [4.78, 5) is 16.2. The van der Waals surface area contributed by atoms with Crippen molar-refractivity contribution in [3.8, 4) is 5.75 Å². The summed E-state index contributed by atoms with van der Waals surface area (Å²) < 4.78 is 5.14. The van der Waals surface area contributed by atoms with Crippen LogP contribution >= 0.6 is 0 Å². The van der Waals surface area contributed by atoms with Gasteiger partial charge in [-0.2, -0.15) is 0 Å². The first-order valence-electron chi connectivity index (χ1n) is 7.51. The number of hydrogen-bond donors (Lipinski definition) is 0. The molecule has 120 valence electrons. The average Bonchev–Trinajstić information content (AvgIpc) is 2.57. The zero-order valence-electron chi connectivity index (χ0n) is 14.2. The highest BCUT2D eigenvalue weighted by Crippen LogP contribution is 2.18. The highest BCUT2D eigenvalue weighted by molar-refractivity contribution is 5.94. The number of benzene rings is 1. The van der Waals surface area contributed by atoms with Gasteiger partial charge in [0.2, 0.25) is 5.91 Å². The lowest BCUT2D eigenvalue weighted by molar-refractivity contribution is -0.119. The molecule has 0 unspecified atom stereocenters. The normalized spacial score (nSPS) is 11.6. The lowest BCUT2D eigenvalue weighted by Crippen LogP contribution is -2.37. The predicted molar refractivity (Wildman–Crippen MR) is 92.2 cm³/mol. The maximum atomic E-state index is 12.5. The first-order chi connectivity index (χ1) is 10.6. The quantitative estimate of drug-likeness (QED) is 0.723. The highest BCUT2D eigenvalue weighted by atomic mass is 16.5. The summed E-state index contributed by atoms with van der Waals surface area (Å²) in [7, 11) is 3.42. The average molecular weight is 302 g/mol. The van der Waals surface area contributed by atoms with E-state index in [2.05, 4.69) is 4.90 Å². The van der Waals surface area contributed by atoms with Crippen LogP contribution in [0.4, 0.5) is 5.69 Å². The number of allylic oxidation sites excluding steroid dienone is 3. The number of likely N-dealkylation sites (N-methyl/N-ethyl adjacent to an activating group) is 2. The summed E-state index contributed by atoms with van der Waals surface area (Å²) in [6, 6.07) is 7.48. The summed E-state index contributed by atoms with van der Waals surface area (Å²) >= 11 is 0. The summed E-state index contributed by atoms with van der Waals surface area (Å²) in [6.07, 6.45) is 6.02. The molecule has 0 aliphatic carbocycles. The molecule has 0 aliphatic rings. The van der Waals surface area contributed by atoms with Crippen LogP contribution in [0.3, 0.4) is 0 Å². The van der Waals surface area contributed by atoms with E-state index in [1.807, 2.05) is 63.3 Å². The summed E-state index contributed by atoms with van der Waals surface area (Å²) in [6.45, 7) is 7.14. The Morgan fingerprint density at radius 2 is 1.86 bits per heavy atom. The molecule has 22 heavy (non-hydrogen) atoms. The maximum Gasteiger partial charge on any atom is 0.246 e. The van der Waals surface area contributed by atoms with E-state index >= 15 is 0 Å². The van der Waals surface area contributed by atoms with Crippen molar-refractivity contribution >= 4 is 11.6 Å². The summed E-state index contributed by atoms with van der Waals surface area (Å²) in [5.74, 6) is 0.833. The van der Waals surface area contributed by atoms with Gasteiger partial charge in [-0.1, -0.05) is 12.2 Å². The van der Waals surface area contributed by atoms with Gasteiger partial charge in [-0.25, -0.2) is 0 Å². The van der Waals surface area contributed by atoms with Crippen molar-refractivity contribution in [1.82, 2.24) is 4.90 Å². The van der Waals surface area contributed by atoms with Crippen LogP contribution in [0.1, 0.15) is 20.8 Å². The number of carbonyl (C=O) groups excluding carboxylic acids is 1. The van der Waals surface area contributed by atoms with Gasteiger partial charge in [0.15, 0.2) is 0 Å². The van der Waals surface area contributed by atoms with Crippen molar-refractivity contribution in [1.29, 1.82) is 0 Å². The van der Waals surface area contributed by atoms with E-state index in [0.29, 0.717) is 6.54 Å². The number of carbonyl (C=O) groups is 1. The van der Waals surface area contributed by atoms with Crippen LogP contribution in [0.5, 0.6) is 5.75 Å². The smallest absolute Gasteiger partial charge is 0.246 e. The molecule has 0 spiro atoms. The van der Waals surface area contributed by atoms with Gasteiger partial charge >= 0.3 is 0 Å². The summed E-state index contributed by atoms with van der Waals surface area (Å²) in [5, 5.41) is 0. The highest BCUT2D eigenvalue weighted by Gasteiger charge is 2.15. The van der Waals surface area contributed by atoms with Gasteiger partial charge in [-0.05, 0) is 51.1 Å². The molecule has 0 aromatic heterocycles. The van der Waals surface area contributed by atoms with Gasteiger partial charge in [-0.3, -0.25) is 4.79 Å². The minimum Gasteiger partial charge on any atom is -0.497 e. The molecule has 0 saturated heterocycles. The van der Waals surface area contributed by atoms with Gasteiger partial charge in [-0.15, -0.1) is 0 Å². The Bertz CT molecular complexity index is 533. The molecular formula is C18H26N2O2. The fourth-order valence-corrected chi connectivity index (χ4v) is 2.16. The first-order valence-corrected chi connectivity index (χ1v) is 7.51. The van der Waals surface area contributed by atoms with Crippen molar-refractivity contribution in [3.05, 3.63) is 48.2 Å². The molecule has 1 aromatic rings. The molecule has 0 fully saturated rings. The number of methoxy groups -OCH3 is 1. The van der Waals surface area contributed by atoms with Crippen LogP contribution in [0, 0.1) is 0 Å². The monoisotopic (exact) mass is 302 g/mol. The van der Waals surface area contributed by atoms with Crippen LogP contribution in [-0.2, 0) is 4.79 Å². The largest absolute Gasteiger partial charge is 0.497 e. The second-order valence-corrected chi connectivity index (χ2v) is 4.88. The SMILES string of the molecule is C/C=C\C(=C/C)N(CC)CC(=O)N(C)c1ccc(OC)cc1. The van der Waals surface area contributed by atoms with Gasteiger partial charge in [0.05, 0.1) is 13.7 Å². The van der Waals surface area contributed by atoms with Crippen LogP contribution in [0.2, 0.25) is 0 Å². The van der Waals surface area contributed by atoms with E-state index in [4.69, 9.17) is 4.74 Å². The molecule has 1 rings (SSSR count). The fourth-order valence-electron chi connectivity index (χ4n) is 2.16.